The molecule has 2 aromatic carbocycles. The Bertz CT molecular complexity index is 1450. The first-order chi connectivity index (χ1) is 32.8. The predicted octanol–water partition coefficient (Wildman–Crippen LogP) is 22.4. The molecule has 0 unspecified atom stereocenters. The molecule has 67 heavy (non-hydrogen) atoms. The van der Waals surface area contributed by atoms with E-state index in [0.717, 1.165) is 62.0 Å². The van der Waals surface area contributed by atoms with Crippen LogP contribution >= 0.6 is 0 Å². The molecular formula is C64H108N2Ni. The monoisotopic (exact) mass is 963 g/mol. The molecule has 0 amide bonds. The number of hydrogen-bond donors (Lipinski definition) is 0. The zero-order valence-electron chi connectivity index (χ0n) is 44.6. The number of hydrogen-bond acceptors (Lipinski definition) is 2. The predicted molar refractivity (Wildman–Crippen MR) is 300 cm³/mol. The average Bonchev–Trinajstić information content (AvgIpc) is 3.34. The number of para-hydroxylation sites is 2. The first kappa shape index (κ1) is 62.8. The van der Waals surface area contributed by atoms with Crippen molar-refractivity contribution in [3.05, 3.63) is 84.0 Å². The van der Waals surface area contributed by atoms with E-state index in [1.165, 1.54) is 242 Å². The minimum Gasteiger partial charge on any atom is -0.255 e. The van der Waals surface area contributed by atoms with Crippen molar-refractivity contribution in [2.75, 3.05) is 0 Å². The first-order valence-electron chi connectivity index (χ1n) is 29.4. The summed E-state index contributed by atoms with van der Waals surface area (Å²) in [5, 5.41) is 0. The summed E-state index contributed by atoms with van der Waals surface area (Å²) in [6.45, 7) is 6.87. The molecule has 0 atom stereocenters. The minimum atomic E-state index is 0. The molecule has 2 rings (SSSR count). The molecule has 0 aliphatic rings. The number of benzene rings is 2. The third-order valence-corrected chi connectivity index (χ3v) is 13.8. The Hall–Kier alpha value is -2.25. The summed E-state index contributed by atoms with van der Waals surface area (Å²) in [6, 6.07) is 17.5. The van der Waals surface area contributed by atoms with Gasteiger partial charge in [-0.2, -0.15) is 0 Å². The fraction of sp³-hybridized carbons (Fsp3) is 0.719. The number of nitrogens with zero attached hydrogens (tertiary/aromatic N) is 2. The summed E-state index contributed by atoms with van der Waals surface area (Å²) in [4.78, 5) is 10.3. The number of aliphatic imine (C=N–C) groups is 2. The van der Waals surface area contributed by atoms with Gasteiger partial charge in [-0.3, -0.25) is 9.98 Å². The Kier molecular flexibility index (Phi) is 47.0. The SMILES string of the molecule is CCCCCCCCCCCCCCCCCCC/C=C/CCc1ccccc1/N=C\C(CCCC)=N\c1ccccc1CC/C=C/CCCCCCCCCCCCCCCCCCC.[Ni]. The Morgan fingerprint density at radius 1 is 0.343 bits per heavy atom. The molecule has 0 aliphatic heterocycles. The third kappa shape index (κ3) is 39.2. The van der Waals surface area contributed by atoms with Crippen molar-refractivity contribution in [1.29, 1.82) is 0 Å². The molecule has 0 spiro atoms. The second-order valence-electron chi connectivity index (χ2n) is 20.1. The number of allylic oxidation sites excluding steroid dienone is 4. The van der Waals surface area contributed by atoms with Crippen LogP contribution in [-0.2, 0) is 29.3 Å². The fourth-order valence-corrected chi connectivity index (χ4v) is 9.41. The smallest absolute Gasteiger partial charge is 0.0665 e. The van der Waals surface area contributed by atoms with E-state index in [2.05, 4.69) is 99.8 Å². The molecule has 0 bridgehead atoms. The van der Waals surface area contributed by atoms with E-state index >= 15 is 0 Å². The maximum Gasteiger partial charge on any atom is 0.0665 e. The molecule has 384 valence electrons. The molecule has 2 nitrogen and oxygen atoms in total. The van der Waals surface area contributed by atoms with Crippen LogP contribution in [0, 0.1) is 0 Å². The van der Waals surface area contributed by atoms with Gasteiger partial charge < -0.3 is 0 Å². The van der Waals surface area contributed by atoms with E-state index in [1.807, 2.05) is 0 Å². The molecule has 0 saturated carbocycles. The van der Waals surface area contributed by atoms with Crippen LogP contribution in [0.3, 0.4) is 0 Å². The Balaban J connectivity index is 0.0000224. The van der Waals surface area contributed by atoms with Gasteiger partial charge >= 0.3 is 0 Å². The quantitative estimate of drug-likeness (QED) is 0.0273. The van der Waals surface area contributed by atoms with Gasteiger partial charge in [0.1, 0.15) is 0 Å². The molecule has 0 heterocycles. The molecule has 0 aromatic heterocycles. The van der Waals surface area contributed by atoms with E-state index in [-0.39, 0.29) is 16.5 Å². The molecule has 3 heteroatoms. The third-order valence-electron chi connectivity index (χ3n) is 13.8. The summed E-state index contributed by atoms with van der Waals surface area (Å²) in [5.74, 6) is 0. The van der Waals surface area contributed by atoms with Crippen molar-refractivity contribution < 1.29 is 16.5 Å². The Labute approximate surface area is 428 Å². The molecule has 0 saturated heterocycles. The summed E-state index contributed by atoms with van der Waals surface area (Å²) >= 11 is 0. The van der Waals surface area contributed by atoms with E-state index in [1.54, 1.807) is 0 Å². The van der Waals surface area contributed by atoms with E-state index in [0.29, 0.717) is 0 Å². The van der Waals surface area contributed by atoms with Crippen molar-refractivity contribution in [3.8, 4) is 0 Å². The summed E-state index contributed by atoms with van der Waals surface area (Å²) in [6.07, 6.45) is 70.3. The van der Waals surface area contributed by atoms with Crippen LogP contribution in [0.25, 0.3) is 0 Å². The second-order valence-corrected chi connectivity index (χ2v) is 20.1. The first-order valence-corrected chi connectivity index (χ1v) is 29.4. The standard InChI is InChI=1S/C64H108N2.Ni/c1-4-7-10-12-14-16-18-20-22-24-26-28-30-32-34-36-38-40-42-44-46-52-60-54-48-50-57-63(60)65-59-62(56-9-6-3)66-64-58-51-49-55-61(64)53-47-45-43-41-39-37-35-33-31-29-27-25-23-21-19-17-15-13-11-8-5-2;/h42-45,48-51,54-55,57-59H,4-41,46-47,52-53,56H2,1-3H3;/b44-42+,45-43+,65-59-,66-62+;. The average molecular weight is 964 g/mol. The molecule has 2 aromatic rings. The maximum atomic E-state index is 5.24. The van der Waals surface area contributed by atoms with Gasteiger partial charge in [-0.1, -0.05) is 293 Å². The van der Waals surface area contributed by atoms with Crippen molar-refractivity contribution >= 4 is 23.3 Å². The molecule has 0 aliphatic carbocycles. The van der Waals surface area contributed by atoms with Crippen LogP contribution in [0.5, 0.6) is 0 Å². The topological polar surface area (TPSA) is 24.7 Å². The Morgan fingerprint density at radius 2 is 0.642 bits per heavy atom. The maximum absolute atomic E-state index is 5.24. The van der Waals surface area contributed by atoms with Gasteiger partial charge in [0.2, 0.25) is 0 Å². The van der Waals surface area contributed by atoms with Crippen molar-refractivity contribution in [3.63, 3.8) is 0 Å². The Morgan fingerprint density at radius 3 is 1.01 bits per heavy atom. The van der Waals surface area contributed by atoms with Crippen LogP contribution in [0.2, 0.25) is 0 Å². The summed E-state index contributed by atoms with van der Waals surface area (Å²) in [5.41, 5.74) is 5.94. The number of rotatable bonds is 48. The van der Waals surface area contributed by atoms with Gasteiger partial charge in [0, 0.05) is 22.7 Å². The van der Waals surface area contributed by atoms with Crippen LogP contribution in [0.15, 0.2) is 82.8 Å². The summed E-state index contributed by atoms with van der Waals surface area (Å²) < 4.78 is 0. The van der Waals surface area contributed by atoms with E-state index in [4.69, 9.17) is 9.98 Å². The molecule has 0 N–H and O–H groups in total. The van der Waals surface area contributed by atoms with E-state index in [9.17, 15) is 0 Å². The van der Waals surface area contributed by atoms with Gasteiger partial charge in [-0.15, -0.1) is 0 Å². The molecule has 0 fully saturated rings. The zero-order valence-corrected chi connectivity index (χ0v) is 45.6. The van der Waals surface area contributed by atoms with Gasteiger partial charge in [0.25, 0.3) is 0 Å². The van der Waals surface area contributed by atoms with Crippen molar-refractivity contribution in [2.45, 2.75) is 297 Å². The largest absolute Gasteiger partial charge is 0.255 e. The van der Waals surface area contributed by atoms with Crippen molar-refractivity contribution in [1.82, 2.24) is 0 Å². The zero-order chi connectivity index (χ0) is 46.9. The molecule has 0 radical (unpaired) electrons. The van der Waals surface area contributed by atoms with E-state index < -0.39 is 0 Å². The van der Waals surface area contributed by atoms with Gasteiger partial charge in [0.15, 0.2) is 0 Å². The van der Waals surface area contributed by atoms with Crippen LogP contribution in [-0.4, -0.2) is 11.9 Å². The van der Waals surface area contributed by atoms with Crippen LogP contribution in [0.1, 0.15) is 295 Å². The van der Waals surface area contributed by atoms with Gasteiger partial charge in [-0.25, -0.2) is 0 Å². The van der Waals surface area contributed by atoms with Crippen LogP contribution < -0.4 is 0 Å². The van der Waals surface area contributed by atoms with Crippen molar-refractivity contribution in [2.24, 2.45) is 9.98 Å². The van der Waals surface area contributed by atoms with Gasteiger partial charge in [0.05, 0.1) is 17.1 Å². The number of unbranched alkanes of at least 4 members (excludes halogenated alkanes) is 35. The number of aryl methyl sites for hydroxylation is 2. The van der Waals surface area contributed by atoms with Gasteiger partial charge in [-0.05, 0) is 87.5 Å². The van der Waals surface area contributed by atoms with Crippen LogP contribution in [0.4, 0.5) is 11.4 Å². The fourth-order valence-electron chi connectivity index (χ4n) is 9.41. The summed E-state index contributed by atoms with van der Waals surface area (Å²) in [7, 11) is 0. The molecular weight excluding hydrogens is 855 g/mol. The normalized spacial score (nSPS) is 12.1. The second kappa shape index (κ2) is 50.2. The minimum absolute atomic E-state index is 0.